The minimum absolute atomic E-state index is 0.351. The van der Waals surface area contributed by atoms with E-state index in [0.717, 1.165) is 6.08 Å². The molecule has 0 aromatic carbocycles. The molecule has 1 aromatic rings. The summed E-state index contributed by atoms with van der Waals surface area (Å²) >= 11 is 1.23. The molecule has 1 heterocycles. The maximum Gasteiger partial charge on any atom is 0.328 e. The number of aliphatic carboxylic acids is 1. The molecule has 6 nitrogen and oxygen atoms in total. The molecule has 1 rings (SSSR count). The predicted octanol–water partition coefficient (Wildman–Crippen LogP) is 0.840. The van der Waals surface area contributed by atoms with Gasteiger partial charge in [0.25, 0.3) is 5.91 Å². The first-order valence-corrected chi connectivity index (χ1v) is 6.22. The van der Waals surface area contributed by atoms with Crippen molar-refractivity contribution in [1.82, 2.24) is 5.32 Å². The molecule has 0 spiro atoms. The van der Waals surface area contributed by atoms with Crippen molar-refractivity contribution in [2.75, 3.05) is 0 Å². The molecule has 0 atom stereocenters. The molecule has 0 aliphatic rings. The highest BCUT2D eigenvalue weighted by atomic mass is 32.1. The fourth-order valence-electron chi connectivity index (χ4n) is 1.13. The Bertz CT molecular complexity index is 546. The Kier molecular flexibility index (Phi) is 4.44. The Balaban J connectivity index is 2.79. The van der Waals surface area contributed by atoms with Crippen LogP contribution in [0.1, 0.15) is 29.1 Å². The number of carbonyl (C=O) groups excluding carboxylic acids is 2. The van der Waals surface area contributed by atoms with Crippen LogP contribution >= 0.6 is 11.3 Å². The van der Waals surface area contributed by atoms with Crippen LogP contribution in [0.5, 0.6) is 0 Å². The van der Waals surface area contributed by atoms with Crippen molar-refractivity contribution in [2.24, 2.45) is 5.73 Å². The molecule has 0 unspecified atom stereocenters. The average molecular weight is 282 g/mol. The third-order valence-corrected chi connectivity index (χ3v) is 3.21. The molecule has 2 amide bonds. The summed E-state index contributed by atoms with van der Waals surface area (Å²) in [7, 11) is 0. The van der Waals surface area contributed by atoms with Crippen LogP contribution in [0, 0.1) is 0 Å². The van der Waals surface area contributed by atoms with E-state index in [0.29, 0.717) is 10.4 Å². The summed E-state index contributed by atoms with van der Waals surface area (Å²) in [6.07, 6.45) is 2.38. The van der Waals surface area contributed by atoms with Crippen LogP contribution in [0.4, 0.5) is 0 Å². The number of primary amides is 1. The quantitative estimate of drug-likeness (QED) is 0.695. The molecule has 0 radical (unpaired) electrons. The molecule has 19 heavy (non-hydrogen) atoms. The predicted molar refractivity (Wildman–Crippen MR) is 71.7 cm³/mol. The van der Waals surface area contributed by atoms with Crippen molar-refractivity contribution < 1.29 is 19.5 Å². The number of hydrogen-bond acceptors (Lipinski definition) is 4. The lowest BCUT2D eigenvalue weighted by Gasteiger charge is -2.21. The summed E-state index contributed by atoms with van der Waals surface area (Å²) in [5.41, 5.74) is 4.36. The molecule has 0 fully saturated rings. The molecular weight excluding hydrogens is 268 g/mol. The molecular formula is C12H14N2O4S. The molecule has 7 heteroatoms. The SMILES string of the molecule is CC(C)(NC(=O)c1csc(C=CC(=O)O)c1)C(N)=O. The number of rotatable bonds is 5. The van der Waals surface area contributed by atoms with Gasteiger partial charge in [0.2, 0.25) is 5.91 Å². The van der Waals surface area contributed by atoms with Crippen LogP contribution in [0.3, 0.4) is 0 Å². The van der Waals surface area contributed by atoms with E-state index in [1.54, 1.807) is 5.38 Å². The van der Waals surface area contributed by atoms with E-state index in [2.05, 4.69) is 5.32 Å². The summed E-state index contributed by atoms with van der Waals surface area (Å²) < 4.78 is 0. The minimum atomic E-state index is -1.14. The van der Waals surface area contributed by atoms with Gasteiger partial charge in [-0.2, -0.15) is 0 Å². The average Bonchev–Trinajstić information content (AvgIpc) is 2.74. The number of carboxylic acids is 1. The van der Waals surface area contributed by atoms with Gasteiger partial charge in [-0.1, -0.05) is 0 Å². The number of hydrogen-bond donors (Lipinski definition) is 3. The number of carboxylic acid groups (broad SMARTS) is 1. The van der Waals surface area contributed by atoms with Gasteiger partial charge < -0.3 is 16.2 Å². The summed E-state index contributed by atoms with van der Waals surface area (Å²) in [5.74, 6) is -2.13. The largest absolute Gasteiger partial charge is 0.478 e. The smallest absolute Gasteiger partial charge is 0.328 e. The van der Waals surface area contributed by atoms with Gasteiger partial charge in [-0.25, -0.2) is 4.79 Å². The van der Waals surface area contributed by atoms with Crippen molar-refractivity contribution in [1.29, 1.82) is 0 Å². The van der Waals surface area contributed by atoms with E-state index in [1.165, 1.54) is 37.3 Å². The molecule has 4 N–H and O–H groups in total. The molecule has 1 aromatic heterocycles. The van der Waals surface area contributed by atoms with E-state index in [1.807, 2.05) is 0 Å². The third-order valence-electron chi connectivity index (χ3n) is 2.31. The monoisotopic (exact) mass is 282 g/mol. The van der Waals surface area contributed by atoms with Gasteiger partial charge in [0, 0.05) is 16.3 Å². The van der Waals surface area contributed by atoms with Gasteiger partial charge in [0.1, 0.15) is 5.54 Å². The Hall–Kier alpha value is -2.15. The van der Waals surface area contributed by atoms with Gasteiger partial charge in [0.05, 0.1) is 5.56 Å². The number of amides is 2. The normalized spacial score (nSPS) is 11.5. The minimum Gasteiger partial charge on any atom is -0.478 e. The lowest BCUT2D eigenvalue weighted by molar-refractivity contribution is -0.131. The molecule has 0 bridgehead atoms. The van der Waals surface area contributed by atoms with Crippen LogP contribution in [-0.4, -0.2) is 28.4 Å². The zero-order chi connectivity index (χ0) is 14.6. The van der Waals surface area contributed by atoms with E-state index in [-0.39, 0.29) is 0 Å². The second-order valence-electron chi connectivity index (χ2n) is 4.35. The van der Waals surface area contributed by atoms with Crippen LogP contribution in [0.2, 0.25) is 0 Å². The Morgan fingerprint density at radius 1 is 1.42 bits per heavy atom. The number of thiophene rings is 1. The van der Waals surface area contributed by atoms with Crippen molar-refractivity contribution >= 4 is 35.2 Å². The maximum atomic E-state index is 11.9. The fourth-order valence-corrected chi connectivity index (χ4v) is 1.91. The lowest BCUT2D eigenvalue weighted by atomic mass is 10.0. The van der Waals surface area contributed by atoms with Crippen molar-refractivity contribution in [3.63, 3.8) is 0 Å². The molecule has 0 saturated heterocycles. The zero-order valence-corrected chi connectivity index (χ0v) is 11.3. The molecule has 0 aliphatic carbocycles. The van der Waals surface area contributed by atoms with Gasteiger partial charge in [-0.15, -0.1) is 11.3 Å². The first-order chi connectivity index (χ1) is 8.72. The lowest BCUT2D eigenvalue weighted by Crippen LogP contribution is -2.52. The Labute approximate surface area is 113 Å². The highest BCUT2D eigenvalue weighted by Gasteiger charge is 2.27. The summed E-state index contributed by atoms with van der Waals surface area (Å²) in [6, 6.07) is 1.54. The van der Waals surface area contributed by atoms with Crippen LogP contribution in [0.25, 0.3) is 6.08 Å². The van der Waals surface area contributed by atoms with Crippen molar-refractivity contribution in [2.45, 2.75) is 19.4 Å². The summed E-state index contributed by atoms with van der Waals surface area (Å²) in [4.78, 5) is 34.0. The second-order valence-corrected chi connectivity index (χ2v) is 5.30. The van der Waals surface area contributed by atoms with Gasteiger partial charge in [-0.05, 0) is 26.0 Å². The Morgan fingerprint density at radius 2 is 2.05 bits per heavy atom. The highest BCUT2D eigenvalue weighted by Crippen LogP contribution is 2.17. The van der Waals surface area contributed by atoms with Gasteiger partial charge in [0.15, 0.2) is 0 Å². The van der Waals surface area contributed by atoms with E-state index in [4.69, 9.17) is 10.8 Å². The molecule has 0 saturated carbocycles. The first kappa shape index (κ1) is 14.9. The summed E-state index contributed by atoms with van der Waals surface area (Å²) in [6.45, 7) is 3.01. The molecule has 0 aliphatic heterocycles. The van der Waals surface area contributed by atoms with E-state index in [9.17, 15) is 14.4 Å². The van der Waals surface area contributed by atoms with Crippen LogP contribution in [-0.2, 0) is 9.59 Å². The molecule has 102 valence electrons. The third kappa shape index (κ3) is 4.22. The Morgan fingerprint density at radius 3 is 2.58 bits per heavy atom. The fraction of sp³-hybridized carbons (Fsp3) is 0.250. The first-order valence-electron chi connectivity index (χ1n) is 5.34. The summed E-state index contributed by atoms with van der Waals surface area (Å²) in [5, 5.41) is 12.6. The number of nitrogens with two attached hydrogens (primary N) is 1. The van der Waals surface area contributed by atoms with Crippen molar-refractivity contribution in [3.8, 4) is 0 Å². The topological polar surface area (TPSA) is 109 Å². The standard InChI is InChI=1S/C12H14N2O4S/c1-12(2,11(13)18)14-10(17)7-5-8(19-6-7)3-4-9(15)16/h3-6H,1-2H3,(H2,13,18)(H,14,17)(H,15,16). The number of carbonyl (C=O) groups is 3. The van der Waals surface area contributed by atoms with Crippen molar-refractivity contribution in [3.05, 3.63) is 28.0 Å². The maximum absolute atomic E-state index is 11.9. The highest BCUT2D eigenvalue weighted by molar-refractivity contribution is 7.11. The van der Waals surface area contributed by atoms with Crippen LogP contribution in [0.15, 0.2) is 17.5 Å². The van der Waals surface area contributed by atoms with Gasteiger partial charge >= 0.3 is 5.97 Å². The van der Waals surface area contributed by atoms with Crippen LogP contribution < -0.4 is 11.1 Å². The second kappa shape index (κ2) is 5.66. The number of nitrogens with one attached hydrogen (secondary N) is 1. The van der Waals surface area contributed by atoms with E-state index < -0.39 is 23.3 Å². The van der Waals surface area contributed by atoms with Gasteiger partial charge in [-0.3, -0.25) is 9.59 Å². The zero-order valence-electron chi connectivity index (χ0n) is 10.5. The van der Waals surface area contributed by atoms with E-state index >= 15 is 0 Å².